The van der Waals surface area contributed by atoms with Crippen molar-refractivity contribution in [3.05, 3.63) is 35.9 Å². The molecule has 0 aliphatic heterocycles. The van der Waals surface area contributed by atoms with Gasteiger partial charge < -0.3 is 26.8 Å². The van der Waals surface area contributed by atoms with Gasteiger partial charge in [-0.05, 0) is 23.3 Å². The van der Waals surface area contributed by atoms with Crippen LogP contribution in [0.1, 0.15) is 59.9 Å². The van der Waals surface area contributed by atoms with Crippen LogP contribution in [0.5, 0.6) is 0 Å². The summed E-state index contributed by atoms with van der Waals surface area (Å²) in [4.78, 5) is 50.8. The number of carboxylic acid groups (broad SMARTS) is 1. The summed E-state index contributed by atoms with van der Waals surface area (Å²) >= 11 is 0. The maximum absolute atomic E-state index is 13.3. The van der Waals surface area contributed by atoms with Crippen LogP contribution in [-0.4, -0.2) is 53.0 Å². The molecule has 0 fully saturated rings. The summed E-state index contributed by atoms with van der Waals surface area (Å²) in [5.74, 6) is -3.25. The molecule has 0 unspecified atom stereocenters. The third-order valence-corrected chi connectivity index (χ3v) is 6.50. The lowest BCUT2D eigenvalue weighted by Crippen LogP contribution is -2.60. The second-order valence-electron chi connectivity index (χ2n) is 9.60. The van der Waals surface area contributed by atoms with Crippen LogP contribution in [0.3, 0.4) is 0 Å². The molecular weight excluding hydrogens is 448 g/mol. The number of hydrogen-bond acceptors (Lipinski definition) is 5. The summed E-state index contributed by atoms with van der Waals surface area (Å²) in [5.41, 5.74) is 6.72. The summed E-state index contributed by atoms with van der Waals surface area (Å²) in [6, 6.07) is 5.24. The first-order chi connectivity index (χ1) is 16.4. The molecule has 6 atom stereocenters. The van der Waals surface area contributed by atoms with Crippen LogP contribution in [0, 0.1) is 17.8 Å². The summed E-state index contributed by atoms with van der Waals surface area (Å²) < 4.78 is 0. The first-order valence-electron chi connectivity index (χ1n) is 12.4. The molecule has 9 heteroatoms. The molecule has 0 spiro atoms. The minimum absolute atomic E-state index is 0.105. The normalized spacial score (nSPS) is 16.3. The lowest BCUT2D eigenvalue weighted by molar-refractivity contribution is -0.142. The molecule has 0 heterocycles. The minimum Gasteiger partial charge on any atom is -0.480 e. The van der Waals surface area contributed by atoms with Crippen molar-refractivity contribution in [2.75, 3.05) is 0 Å². The van der Waals surface area contributed by atoms with E-state index >= 15 is 0 Å². The second kappa shape index (κ2) is 14.5. The van der Waals surface area contributed by atoms with Gasteiger partial charge in [0.15, 0.2) is 0 Å². The van der Waals surface area contributed by atoms with Gasteiger partial charge in [-0.25, -0.2) is 4.79 Å². The highest BCUT2D eigenvalue weighted by Crippen LogP contribution is 2.14. The highest BCUT2D eigenvalue weighted by Gasteiger charge is 2.34. The highest BCUT2D eigenvalue weighted by atomic mass is 16.4. The number of benzene rings is 1. The lowest BCUT2D eigenvalue weighted by Gasteiger charge is -2.30. The van der Waals surface area contributed by atoms with Crippen molar-refractivity contribution in [1.29, 1.82) is 0 Å². The molecule has 0 saturated heterocycles. The number of rotatable bonds is 14. The van der Waals surface area contributed by atoms with E-state index in [-0.39, 0.29) is 24.2 Å². The second-order valence-corrected chi connectivity index (χ2v) is 9.60. The van der Waals surface area contributed by atoms with E-state index in [1.54, 1.807) is 24.3 Å². The number of amides is 3. The third-order valence-electron chi connectivity index (χ3n) is 6.50. The minimum atomic E-state index is -1.16. The Hall–Kier alpha value is -2.94. The Balaban J connectivity index is 3.06. The van der Waals surface area contributed by atoms with E-state index in [0.717, 1.165) is 5.56 Å². The van der Waals surface area contributed by atoms with Gasteiger partial charge in [-0.3, -0.25) is 14.4 Å². The van der Waals surface area contributed by atoms with E-state index in [1.807, 2.05) is 47.6 Å². The quantitative estimate of drug-likeness (QED) is 0.268. The number of carbonyl (C=O) groups is 4. The molecule has 9 nitrogen and oxygen atoms in total. The molecule has 6 N–H and O–H groups in total. The molecule has 0 radical (unpaired) electrons. The summed E-state index contributed by atoms with van der Waals surface area (Å²) in [5, 5.41) is 17.8. The smallest absolute Gasteiger partial charge is 0.326 e. The van der Waals surface area contributed by atoms with Crippen LogP contribution in [0.15, 0.2) is 30.3 Å². The largest absolute Gasteiger partial charge is 0.480 e. The van der Waals surface area contributed by atoms with Crippen molar-refractivity contribution in [3.63, 3.8) is 0 Å². The zero-order valence-corrected chi connectivity index (χ0v) is 21.7. The molecule has 1 rings (SSSR count). The van der Waals surface area contributed by atoms with E-state index in [9.17, 15) is 24.3 Å². The van der Waals surface area contributed by atoms with E-state index in [2.05, 4.69) is 16.0 Å². The van der Waals surface area contributed by atoms with E-state index in [0.29, 0.717) is 12.8 Å². The van der Waals surface area contributed by atoms with Crippen molar-refractivity contribution in [2.24, 2.45) is 23.5 Å². The number of nitrogens with one attached hydrogen (secondary N) is 3. The summed E-state index contributed by atoms with van der Waals surface area (Å²) in [6.07, 6.45) is 1.31. The zero-order valence-electron chi connectivity index (χ0n) is 21.7. The van der Waals surface area contributed by atoms with Gasteiger partial charge in [0.25, 0.3) is 0 Å². The molecule has 1 aromatic rings. The van der Waals surface area contributed by atoms with Gasteiger partial charge >= 0.3 is 5.97 Å². The maximum atomic E-state index is 13.3. The molecule has 0 aliphatic rings. The maximum Gasteiger partial charge on any atom is 0.326 e. The molecule has 0 saturated carbocycles. The molecule has 196 valence electrons. The number of nitrogens with two attached hydrogens (primary N) is 1. The van der Waals surface area contributed by atoms with Gasteiger partial charge in [-0.2, -0.15) is 0 Å². The monoisotopic (exact) mass is 490 g/mol. The van der Waals surface area contributed by atoms with Crippen molar-refractivity contribution in [3.8, 4) is 0 Å². The SMILES string of the molecule is CC[C@H](C)[C@H](NC(=O)[C@@H](N)C(C)C)C(=O)N[C@H](C(=O)N[C@@H](Cc1ccccc1)C(=O)O)[C@@H](C)CC. The van der Waals surface area contributed by atoms with Crippen LogP contribution >= 0.6 is 0 Å². The molecule has 1 aromatic carbocycles. The topological polar surface area (TPSA) is 151 Å². The van der Waals surface area contributed by atoms with E-state index in [4.69, 9.17) is 5.73 Å². The standard InChI is InChI=1S/C26H42N4O5/c1-7-16(5)21(24(32)28-19(26(34)35)14-18-12-10-9-11-13-18)30-25(33)22(17(6)8-2)29-23(31)20(27)15(3)4/h9-13,15-17,19-22H,7-8,14,27H2,1-6H3,(H,28,32)(H,29,31)(H,30,33)(H,34,35)/t16-,17-,19-,20-,21-,22-/m0/s1. The molecule has 0 aliphatic carbocycles. The van der Waals surface area contributed by atoms with Crippen LogP contribution in [-0.2, 0) is 25.6 Å². The summed E-state index contributed by atoms with van der Waals surface area (Å²) in [7, 11) is 0. The van der Waals surface area contributed by atoms with Gasteiger partial charge in [0.2, 0.25) is 17.7 Å². The molecular formula is C26H42N4O5. The Bertz CT molecular complexity index is 845. The number of hydrogen-bond donors (Lipinski definition) is 5. The predicted molar refractivity (Wildman–Crippen MR) is 135 cm³/mol. The Morgan fingerprint density at radius 3 is 1.69 bits per heavy atom. The first kappa shape index (κ1) is 30.1. The Labute approximate surface area is 208 Å². The van der Waals surface area contributed by atoms with Crippen LogP contribution < -0.4 is 21.7 Å². The van der Waals surface area contributed by atoms with Crippen LogP contribution in [0.4, 0.5) is 0 Å². The number of carbonyl (C=O) groups excluding carboxylic acids is 3. The fourth-order valence-corrected chi connectivity index (χ4v) is 3.51. The summed E-state index contributed by atoms with van der Waals surface area (Å²) in [6.45, 7) is 11.1. The van der Waals surface area contributed by atoms with Crippen molar-refractivity contribution in [1.82, 2.24) is 16.0 Å². The van der Waals surface area contributed by atoms with Gasteiger partial charge in [-0.15, -0.1) is 0 Å². The molecule has 0 aromatic heterocycles. The zero-order chi connectivity index (χ0) is 26.7. The number of aliphatic carboxylic acids is 1. The third kappa shape index (κ3) is 9.32. The Morgan fingerprint density at radius 2 is 1.26 bits per heavy atom. The average molecular weight is 491 g/mol. The Morgan fingerprint density at radius 1 is 0.800 bits per heavy atom. The molecule has 35 heavy (non-hydrogen) atoms. The average Bonchev–Trinajstić information content (AvgIpc) is 2.83. The van der Waals surface area contributed by atoms with Crippen molar-refractivity contribution >= 4 is 23.7 Å². The Kier molecular flexibility index (Phi) is 12.4. The highest BCUT2D eigenvalue weighted by molar-refractivity contribution is 5.94. The predicted octanol–water partition coefficient (Wildman–Crippen LogP) is 1.84. The van der Waals surface area contributed by atoms with Crippen molar-refractivity contribution in [2.45, 2.75) is 85.0 Å². The van der Waals surface area contributed by atoms with Crippen molar-refractivity contribution < 1.29 is 24.3 Å². The van der Waals surface area contributed by atoms with Crippen LogP contribution in [0.25, 0.3) is 0 Å². The van der Waals surface area contributed by atoms with E-state index < -0.39 is 47.9 Å². The van der Waals surface area contributed by atoms with Gasteiger partial charge in [0.1, 0.15) is 18.1 Å². The van der Waals surface area contributed by atoms with E-state index in [1.165, 1.54) is 0 Å². The molecule has 0 bridgehead atoms. The van der Waals surface area contributed by atoms with Gasteiger partial charge in [0, 0.05) is 6.42 Å². The van der Waals surface area contributed by atoms with Gasteiger partial charge in [0.05, 0.1) is 6.04 Å². The van der Waals surface area contributed by atoms with Crippen LogP contribution in [0.2, 0.25) is 0 Å². The fourth-order valence-electron chi connectivity index (χ4n) is 3.51. The first-order valence-corrected chi connectivity index (χ1v) is 12.4. The van der Waals surface area contributed by atoms with Gasteiger partial charge in [-0.1, -0.05) is 84.7 Å². The fraction of sp³-hybridized carbons (Fsp3) is 0.615. The number of carboxylic acids is 1. The lowest BCUT2D eigenvalue weighted by atomic mass is 9.94. The molecule has 3 amide bonds.